The molecule has 24 heavy (non-hydrogen) atoms. The van der Waals surface area contributed by atoms with Gasteiger partial charge in [-0.25, -0.2) is 9.18 Å². The highest BCUT2D eigenvalue weighted by Crippen LogP contribution is 2.32. The van der Waals surface area contributed by atoms with Crippen molar-refractivity contribution in [2.45, 2.75) is 45.1 Å². The number of carbonyl (C=O) groups is 2. The summed E-state index contributed by atoms with van der Waals surface area (Å²) in [6.07, 6.45) is 0.998. The largest absolute Gasteiger partial charge is 0.481 e. The number of hydrogen-bond donors (Lipinski definition) is 1. The van der Waals surface area contributed by atoms with Crippen molar-refractivity contribution in [1.82, 2.24) is 4.90 Å². The fourth-order valence-corrected chi connectivity index (χ4v) is 3.06. The fourth-order valence-electron chi connectivity index (χ4n) is 3.06. The smallest absolute Gasteiger partial charge is 0.410 e. The van der Waals surface area contributed by atoms with Crippen molar-refractivity contribution in [3.05, 3.63) is 35.6 Å². The van der Waals surface area contributed by atoms with Crippen LogP contribution in [0.4, 0.5) is 9.18 Å². The first kappa shape index (κ1) is 18.2. The average molecular weight is 337 g/mol. The Balaban J connectivity index is 2.14. The van der Waals surface area contributed by atoms with Crippen LogP contribution in [0.2, 0.25) is 0 Å². The van der Waals surface area contributed by atoms with Gasteiger partial charge in [0.15, 0.2) is 0 Å². The molecule has 2 rings (SSSR count). The molecule has 1 N–H and O–H groups in total. The quantitative estimate of drug-likeness (QED) is 0.914. The molecule has 2 unspecified atom stereocenters. The summed E-state index contributed by atoms with van der Waals surface area (Å²) in [5.41, 5.74) is -0.0346. The van der Waals surface area contributed by atoms with Crippen molar-refractivity contribution in [2.75, 3.05) is 13.1 Å². The van der Waals surface area contributed by atoms with E-state index in [4.69, 9.17) is 4.74 Å². The summed E-state index contributed by atoms with van der Waals surface area (Å²) < 4.78 is 18.5. The minimum Gasteiger partial charge on any atom is -0.481 e. The molecule has 1 aliphatic heterocycles. The lowest BCUT2D eigenvalue weighted by Crippen LogP contribution is -2.45. The number of amides is 1. The van der Waals surface area contributed by atoms with Gasteiger partial charge < -0.3 is 14.7 Å². The molecule has 1 amide bonds. The predicted molar refractivity (Wildman–Crippen MR) is 87.3 cm³/mol. The molecule has 1 saturated heterocycles. The second kappa shape index (κ2) is 7.20. The van der Waals surface area contributed by atoms with Crippen molar-refractivity contribution in [2.24, 2.45) is 5.92 Å². The number of ether oxygens (including phenoxy) is 1. The van der Waals surface area contributed by atoms with Crippen LogP contribution in [-0.4, -0.2) is 40.8 Å². The minimum absolute atomic E-state index is 0.228. The van der Waals surface area contributed by atoms with E-state index in [1.54, 1.807) is 25.7 Å². The number of piperidine rings is 1. The molecule has 1 aliphatic rings. The first-order valence-corrected chi connectivity index (χ1v) is 8.13. The maximum absolute atomic E-state index is 13.1. The number of rotatable bonds is 3. The zero-order valence-electron chi connectivity index (χ0n) is 14.3. The number of aliphatic carboxylic acids is 1. The van der Waals surface area contributed by atoms with Gasteiger partial charge in [-0.3, -0.25) is 4.79 Å². The van der Waals surface area contributed by atoms with Crippen LogP contribution in [0.25, 0.3) is 0 Å². The lowest BCUT2D eigenvalue weighted by molar-refractivity contribution is -0.140. The highest BCUT2D eigenvalue weighted by Gasteiger charge is 2.35. The van der Waals surface area contributed by atoms with Crippen LogP contribution >= 0.6 is 0 Å². The number of carbonyl (C=O) groups excluding carboxylic acids is 1. The summed E-state index contributed by atoms with van der Waals surface area (Å²) in [6.45, 7) is 6.27. The molecular formula is C18H24FNO4. The van der Waals surface area contributed by atoms with Gasteiger partial charge in [-0.15, -0.1) is 0 Å². The molecular weight excluding hydrogens is 313 g/mol. The zero-order valence-corrected chi connectivity index (χ0v) is 14.3. The molecule has 1 fully saturated rings. The van der Waals surface area contributed by atoms with E-state index in [0.717, 1.165) is 6.42 Å². The van der Waals surface area contributed by atoms with Gasteiger partial charge in [-0.2, -0.15) is 0 Å². The Morgan fingerprint density at radius 2 is 1.92 bits per heavy atom. The number of carboxylic acids is 1. The molecule has 0 saturated carbocycles. The third-order valence-electron chi connectivity index (χ3n) is 4.08. The Bertz CT molecular complexity index is 594. The van der Waals surface area contributed by atoms with E-state index in [1.165, 1.54) is 24.3 Å². The van der Waals surface area contributed by atoms with Crippen molar-refractivity contribution in [3.8, 4) is 0 Å². The van der Waals surface area contributed by atoms with E-state index in [0.29, 0.717) is 25.1 Å². The summed E-state index contributed by atoms with van der Waals surface area (Å²) >= 11 is 0. The van der Waals surface area contributed by atoms with E-state index >= 15 is 0 Å². The normalized spacial score (nSPS) is 19.7. The molecule has 6 heteroatoms. The van der Waals surface area contributed by atoms with Gasteiger partial charge in [0.1, 0.15) is 11.4 Å². The molecule has 132 valence electrons. The highest BCUT2D eigenvalue weighted by molar-refractivity contribution is 5.77. The second-order valence-corrected chi connectivity index (χ2v) is 7.20. The van der Waals surface area contributed by atoms with E-state index in [1.807, 2.05) is 0 Å². The van der Waals surface area contributed by atoms with Crippen molar-refractivity contribution in [3.63, 3.8) is 0 Å². The van der Waals surface area contributed by atoms with Crippen LogP contribution in [0, 0.1) is 11.7 Å². The van der Waals surface area contributed by atoms with E-state index in [2.05, 4.69) is 0 Å². The van der Waals surface area contributed by atoms with Crippen LogP contribution < -0.4 is 0 Å². The first-order valence-electron chi connectivity index (χ1n) is 8.13. The molecule has 0 aromatic heterocycles. The topological polar surface area (TPSA) is 66.8 Å². The summed E-state index contributed by atoms with van der Waals surface area (Å²) in [5, 5.41) is 9.63. The molecule has 1 heterocycles. The predicted octanol–water partition coefficient (Wildman–Crippen LogP) is 3.64. The summed E-state index contributed by atoms with van der Waals surface area (Å²) in [5.74, 6) is -2.36. The molecule has 0 aliphatic carbocycles. The van der Waals surface area contributed by atoms with Gasteiger partial charge in [-0.1, -0.05) is 12.1 Å². The molecule has 1 aromatic rings. The van der Waals surface area contributed by atoms with Gasteiger partial charge in [0.25, 0.3) is 0 Å². The highest BCUT2D eigenvalue weighted by atomic mass is 19.1. The maximum atomic E-state index is 13.1. The number of halogens is 1. The van der Waals surface area contributed by atoms with E-state index in [-0.39, 0.29) is 5.92 Å². The van der Waals surface area contributed by atoms with E-state index < -0.39 is 29.4 Å². The zero-order chi connectivity index (χ0) is 17.9. The SMILES string of the molecule is CC(C)(C)OC(=O)N1CCCC(C(C(=O)O)c2ccc(F)cc2)C1. The summed E-state index contributed by atoms with van der Waals surface area (Å²) in [6, 6.07) is 5.53. The van der Waals surface area contributed by atoms with Gasteiger partial charge in [0, 0.05) is 13.1 Å². The van der Waals surface area contributed by atoms with Gasteiger partial charge in [0.2, 0.25) is 0 Å². The number of nitrogens with zero attached hydrogens (tertiary/aromatic N) is 1. The van der Waals surface area contributed by atoms with Crippen LogP contribution in [0.3, 0.4) is 0 Å². The maximum Gasteiger partial charge on any atom is 0.410 e. The molecule has 0 spiro atoms. The van der Waals surface area contributed by atoms with Gasteiger partial charge in [0.05, 0.1) is 5.92 Å². The van der Waals surface area contributed by atoms with Crippen molar-refractivity contribution < 1.29 is 23.8 Å². The molecule has 5 nitrogen and oxygen atoms in total. The Hall–Kier alpha value is -2.11. The third kappa shape index (κ3) is 4.69. The van der Waals surface area contributed by atoms with Crippen molar-refractivity contribution >= 4 is 12.1 Å². The van der Waals surface area contributed by atoms with Crippen LogP contribution in [-0.2, 0) is 9.53 Å². The Kier molecular flexibility index (Phi) is 5.47. The van der Waals surface area contributed by atoms with E-state index in [9.17, 15) is 19.1 Å². The van der Waals surface area contributed by atoms with Gasteiger partial charge >= 0.3 is 12.1 Å². The molecule has 2 atom stereocenters. The first-order chi connectivity index (χ1) is 11.2. The lowest BCUT2D eigenvalue weighted by atomic mass is 9.81. The Morgan fingerprint density at radius 1 is 1.29 bits per heavy atom. The summed E-state index contributed by atoms with van der Waals surface area (Å²) in [7, 11) is 0. The number of hydrogen-bond acceptors (Lipinski definition) is 3. The third-order valence-corrected chi connectivity index (χ3v) is 4.08. The van der Waals surface area contributed by atoms with Crippen molar-refractivity contribution in [1.29, 1.82) is 0 Å². The number of benzene rings is 1. The lowest BCUT2D eigenvalue weighted by Gasteiger charge is -2.36. The Labute approximate surface area is 141 Å². The Morgan fingerprint density at radius 3 is 2.46 bits per heavy atom. The van der Waals surface area contributed by atoms with Gasteiger partial charge in [-0.05, 0) is 57.2 Å². The van der Waals surface area contributed by atoms with Crippen LogP contribution in [0.5, 0.6) is 0 Å². The number of carboxylic acid groups (broad SMARTS) is 1. The molecule has 1 aromatic carbocycles. The van der Waals surface area contributed by atoms with Crippen LogP contribution in [0.15, 0.2) is 24.3 Å². The average Bonchev–Trinajstić information content (AvgIpc) is 2.48. The monoisotopic (exact) mass is 337 g/mol. The summed E-state index contributed by atoms with van der Waals surface area (Å²) in [4.78, 5) is 25.6. The van der Waals surface area contributed by atoms with Crippen LogP contribution in [0.1, 0.15) is 45.1 Å². The molecule has 0 bridgehead atoms. The molecule has 0 radical (unpaired) electrons. The second-order valence-electron chi connectivity index (χ2n) is 7.20. The minimum atomic E-state index is -0.961. The number of likely N-dealkylation sites (tertiary alicyclic amines) is 1. The fraction of sp³-hybridized carbons (Fsp3) is 0.556. The standard InChI is InChI=1S/C18H24FNO4/c1-18(2,3)24-17(23)20-10-4-5-13(11-20)15(16(21)22)12-6-8-14(19)9-7-12/h6-9,13,15H,4-5,10-11H2,1-3H3,(H,21,22).